The van der Waals surface area contributed by atoms with Crippen molar-refractivity contribution in [1.82, 2.24) is 5.32 Å². The van der Waals surface area contributed by atoms with E-state index in [4.69, 9.17) is 19.5 Å². The van der Waals surface area contributed by atoms with Gasteiger partial charge in [-0.1, -0.05) is 12.1 Å². The zero-order chi connectivity index (χ0) is 13.9. The van der Waals surface area contributed by atoms with Crippen molar-refractivity contribution < 1.29 is 19.0 Å². The van der Waals surface area contributed by atoms with E-state index >= 15 is 0 Å². The zero-order valence-corrected chi connectivity index (χ0v) is 10.6. The Labute approximate surface area is 115 Å². The van der Waals surface area contributed by atoms with Gasteiger partial charge in [0.25, 0.3) is 5.91 Å². The Bertz CT molecular complexity index is 618. The average molecular weight is 272 g/mol. The highest BCUT2D eigenvalue weighted by atomic mass is 16.6. The molecule has 6 nitrogen and oxygen atoms in total. The number of nitriles is 1. The molecule has 20 heavy (non-hydrogen) atoms. The summed E-state index contributed by atoms with van der Waals surface area (Å²) in [4.78, 5) is 12.1. The monoisotopic (exact) mass is 272 g/mol. The predicted octanol–water partition coefficient (Wildman–Crippen LogP) is 1.10. The molecule has 0 bridgehead atoms. The maximum Gasteiger partial charge on any atom is 0.271 e. The largest absolute Gasteiger partial charge is 0.485 e. The topological polar surface area (TPSA) is 80.6 Å². The molecule has 0 saturated heterocycles. The lowest BCUT2D eigenvalue weighted by Crippen LogP contribution is -2.43. The average Bonchev–Trinajstić information content (AvgIpc) is 2.94. The van der Waals surface area contributed by atoms with E-state index in [0.717, 1.165) is 0 Å². The number of nitrogens with one attached hydrogen (secondary N) is 1. The van der Waals surface area contributed by atoms with Gasteiger partial charge in [0.15, 0.2) is 11.5 Å². The smallest absolute Gasteiger partial charge is 0.271 e. The molecule has 2 heterocycles. The van der Waals surface area contributed by atoms with E-state index in [2.05, 4.69) is 5.32 Å². The second-order valence-corrected chi connectivity index (χ2v) is 4.37. The summed E-state index contributed by atoms with van der Waals surface area (Å²) in [5.41, 5.74) is 0.440. The number of amides is 1. The maximum atomic E-state index is 12.1. The van der Waals surface area contributed by atoms with Crippen molar-refractivity contribution in [3.63, 3.8) is 0 Å². The van der Waals surface area contributed by atoms with Gasteiger partial charge in [-0.05, 0) is 12.1 Å². The van der Waals surface area contributed by atoms with E-state index in [1.165, 1.54) is 0 Å². The number of hydrogen-bond acceptors (Lipinski definition) is 5. The molecule has 0 aliphatic carbocycles. The molecular weight excluding hydrogens is 260 g/mol. The van der Waals surface area contributed by atoms with Crippen LogP contribution in [0.5, 0.6) is 11.5 Å². The van der Waals surface area contributed by atoms with Crippen LogP contribution < -0.4 is 14.8 Å². The molecular formula is C14H12N2O4. The third kappa shape index (κ3) is 2.26. The van der Waals surface area contributed by atoms with Crippen molar-refractivity contribution in [3.8, 4) is 17.6 Å². The van der Waals surface area contributed by atoms with Crippen molar-refractivity contribution >= 4 is 5.91 Å². The minimum Gasteiger partial charge on any atom is -0.485 e. The minimum absolute atomic E-state index is 0.123. The summed E-state index contributed by atoms with van der Waals surface area (Å²) in [6, 6.07) is 9.16. The Balaban J connectivity index is 1.69. The number of benzene rings is 1. The van der Waals surface area contributed by atoms with Gasteiger partial charge in [-0.15, -0.1) is 0 Å². The summed E-state index contributed by atoms with van der Waals surface area (Å²) < 4.78 is 16.3. The third-order valence-corrected chi connectivity index (χ3v) is 3.05. The van der Waals surface area contributed by atoms with Gasteiger partial charge in [-0.3, -0.25) is 10.1 Å². The minimum atomic E-state index is -0.762. The van der Waals surface area contributed by atoms with Gasteiger partial charge in [0.2, 0.25) is 12.0 Å². The van der Waals surface area contributed by atoms with Crippen LogP contribution in [0.25, 0.3) is 0 Å². The normalized spacial score (nSPS) is 20.1. The zero-order valence-electron chi connectivity index (χ0n) is 10.6. The molecule has 0 unspecified atom stereocenters. The van der Waals surface area contributed by atoms with Crippen molar-refractivity contribution in [2.24, 2.45) is 0 Å². The van der Waals surface area contributed by atoms with E-state index in [-0.39, 0.29) is 18.4 Å². The van der Waals surface area contributed by atoms with Gasteiger partial charge in [0, 0.05) is 6.42 Å². The van der Waals surface area contributed by atoms with Gasteiger partial charge < -0.3 is 14.2 Å². The predicted molar refractivity (Wildman–Crippen MR) is 67.7 cm³/mol. The first kappa shape index (κ1) is 12.4. The maximum absolute atomic E-state index is 12.1. The molecule has 6 heteroatoms. The Kier molecular flexibility index (Phi) is 3.17. The second kappa shape index (κ2) is 5.13. The van der Waals surface area contributed by atoms with Gasteiger partial charge in [-0.25, -0.2) is 0 Å². The molecule has 0 aromatic heterocycles. The lowest BCUT2D eigenvalue weighted by Gasteiger charge is -2.25. The summed E-state index contributed by atoms with van der Waals surface area (Å²) in [5, 5.41) is 11.5. The molecule has 3 rings (SSSR count). The molecule has 1 amide bonds. The molecule has 0 radical (unpaired) electrons. The van der Waals surface area contributed by atoms with E-state index in [1.54, 1.807) is 18.2 Å². The Hall–Kier alpha value is -2.68. The first-order valence-electron chi connectivity index (χ1n) is 6.23. The number of fused-ring (bicyclic) bond motifs is 1. The summed E-state index contributed by atoms with van der Waals surface area (Å²) in [6.45, 7) is 0.529. The standard InChI is InChI=1S/C14H12N2O4/c15-7-9-5-6-18-14(9)16-13(17)12-8-19-10-3-1-2-4-11(10)20-12/h1-4,12H,5-6,8H2,(H,16,17)/t12-/m1/s1. The van der Waals surface area contributed by atoms with E-state index < -0.39 is 6.10 Å². The van der Waals surface area contributed by atoms with Crippen molar-refractivity contribution in [3.05, 3.63) is 35.7 Å². The van der Waals surface area contributed by atoms with Gasteiger partial charge in [-0.2, -0.15) is 5.26 Å². The van der Waals surface area contributed by atoms with Gasteiger partial charge in [0.05, 0.1) is 12.2 Å². The van der Waals surface area contributed by atoms with Crippen LogP contribution in [0.2, 0.25) is 0 Å². The number of rotatable bonds is 2. The van der Waals surface area contributed by atoms with E-state index in [9.17, 15) is 4.79 Å². The van der Waals surface area contributed by atoms with Crippen LogP contribution in [0.15, 0.2) is 35.7 Å². The van der Waals surface area contributed by atoms with E-state index in [1.807, 2.05) is 12.1 Å². The number of para-hydroxylation sites is 2. The lowest BCUT2D eigenvalue weighted by atomic mass is 10.2. The lowest BCUT2D eigenvalue weighted by molar-refractivity contribution is -0.130. The highest BCUT2D eigenvalue weighted by Crippen LogP contribution is 2.31. The van der Waals surface area contributed by atoms with Crippen molar-refractivity contribution in [2.45, 2.75) is 12.5 Å². The highest BCUT2D eigenvalue weighted by Gasteiger charge is 2.29. The molecule has 102 valence electrons. The van der Waals surface area contributed by atoms with Crippen molar-refractivity contribution in [2.75, 3.05) is 13.2 Å². The Morgan fingerprint density at radius 2 is 2.10 bits per heavy atom. The molecule has 1 atom stereocenters. The molecule has 2 aliphatic heterocycles. The summed E-state index contributed by atoms with van der Waals surface area (Å²) >= 11 is 0. The van der Waals surface area contributed by atoms with Crippen LogP contribution in [0, 0.1) is 11.3 Å². The summed E-state index contributed by atoms with van der Waals surface area (Å²) in [6.07, 6.45) is -0.252. The van der Waals surface area contributed by atoms with Crippen LogP contribution in [-0.4, -0.2) is 25.2 Å². The first-order valence-corrected chi connectivity index (χ1v) is 6.23. The van der Waals surface area contributed by atoms with Crippen LogP contribution in [-0.2, 0) is 9.53 Å². The van der Waals surface area contributed by atoms with Crippen LogP contribution >= 0.6 is 0 Å². The number of carbonyl (C=O) groups is 1. The molecule has 2 aliphatic rings. The van der Waals surface area contributed by atoms with E-state index in [0.29, 0.717) is 30.1 Å². The van der Waals surface area contributed by atoms with Crippen LogP contribution in [0.1, 0.15) is 6.42 Å². The van der Waals surface area contributed by atoms with Crippen LogP contribution in [0.4, 0.5) is 0 Å². The fraction of sp³-hybridized carbons (Fsp3) is 0.286. The fourth-order valence-corrected chi connectivity index (χ4v) is 2.02. The van der Waals surface area contributed by atoms with Gasteiger partial charge in [0.1, 0.15) is 12.7 Å². The third-order valence-electron chi connectivity index (χ3n) is 3.05. The molecule has 0 saturated carbocycles. The Morgan fingerprint density at radius 1 is 1.30 bits per heavy atom. The molecule has 1 aromatic carbocycles. The first-order chi connectivity index (χ1) is 9.78. The van der Waals surface area contributed by atoms with Gasteiger partial charge >= 0.3 is 0 Å². The number of nitrogens with zero attached hydrogens (tertiary/aromatic N) is 1. The number of hydrogen-bond donors (Lipinski definition) is 1. The fourth-order valence-electron chi connectivity index (χ4n) is 2.02. The molecule has 1 N–H and O–H groups in total. The Morgan fingerprint density at radius 3 is 2.90 bits per heavy atom. The number of carbonyl (C=O) groups excluding carboxylic acids is 1. The second-order valence-electron chi connectivity index (χ2n) is 4.37. The highest BCUT2D eigenvalue weighted by molar-refractivity contribution is 5.83. The SMILES string of the molecule is N#CC1=C(NC(=O)[C@H]2COc3ccccc3O2)OCC1. The molecule has 0 spiro atoms. The van der Waals surface area contributed by atoms with Crippen LogP contribution in [0.3, 0.4) is 0 Å². The quantitative estimate of drug-likeness (QED) is 0.871. The summed E-state index contributed by atoms with van der Waals surface area (Å²) in [5.74, 6) is 0.982. The molecule has 1 aromatic rings. The van der Waals surface area contributed by atoms with Crippen molar-refractivity contribution in [1.29, 1.82) is 5.26 Å². The summed E-state index contributed by atoms with van der Waals surface area (Å²) in [7, 11) is 0. The number of ether oxygens (including phenoxy) is 3. The molecule has 0 fully saturated rings.